The van der Waals surface area contributed by atoms with E-state index in [2.05, 4.69) is 10.3 Å². The third-order valence-electron chi connectivity index (χ3n) is 4.11. The first kappa shape index (κ1) is 14.5. The first-order chi connectivity index (χ1) is 10.1. The number of rotatable bonds is 5. The first-order valence-electron chi connectivity index (χ1n) is 7.64. The van der Waals surface area contributed by atoms with E-state index in [-0.39, 0.29) is 23.8 Å². The van der Waals surface area contributed by atoms with Crippen molar-refractivity contribution in [2.75, 3.05) is 13.1 Å². The zero-order valence-corrected chi connectivity index (χ0v) is 13.1. The molecule has 1 aromatic heterocycles. The van der Waals surface area contributed by atoms with Gasteiger partial charge in [0.2, 0.25) is 11.8 Å². The lowest BCUT2D eigenvalue weighted by Crippen LogP contribution is -2.46. The van der Waals surface area contributed by atoms with Gasteiger partial charge in [-0.15, -0.1) is 11.3 Å². The lowest BCUT2D eigenvalue weighted by atomic mass is 10.2. The van der Waals surface area contributed by atoms with Gasteiger partial charge < -0.3 is 10.2 Å². The maximum absolute atomic E-state index is 12.3. The molecule has 0 spiro atoms. The summed E-state index contributed by atoms with van der Waals surface area (Å²) in [6.45, 7) is 3.30. The van der Waals surface area contributed by atoms with Crippen LogP contribution in [0.1, 0.15) is 36.4 Å². The molecule has 1 aliphatic heterocycles. The Balaban J connectivity index is 1.48. The van der Waals surface area contributed by atoms with E-state index in [1.54, 1.807) is 16.2 Å². The Morgan fingerprint density at radius 2 is 2.24 bits per heavy atom. The number of hydrogen-bond acceptors (Lipinski definition) is 4. The Morgan fingerprint density at radius 3 is 2.90 bits per heavy atom. The van der Waals surface area contributed by atoms with Crippen LogP contribution in [0.4, 0.5) is 0 Å². The quantitative estimate of drug-likeness (QED) is 0.897. The summed E-state index contributed by atoms with van der Waals surface area (Å²) in [4.78, 5) is 30.6. The van der Waals surface area contributed by atoms with E-state index in [0.717, 1.165) is 49.4 Å². The highest BCUT2D eigenvalue weighted by molar-refractivity contribution is 7.09. The molecule has 6 heteroatoms. The third-order valence-corrected chi connectivity index (χ3v) is 4.93. The van der Waals surface area contributed by atoms with Gasteiger partial charge in [0.25, 0.3) is 0 Å². The van der Waals surface area contributed by atoms with E-state index < -0.39 is 0 Å². The molecule has 114 valence electrons. The minimum absolute atomic E-state index is 0.00606. The number of amides is 2. The predicted octanol–water partition coefficient (Wildman–Crippen LogP) is 1.51. The standard InChI is InChI=1S/C15H21N3O2S/c1-10-17-12(9-21-10)6-7-16-14(19)13-3-2-8-18(13)15(20)11-4-5-11/h9,11,13H,2-8H2,1H3,(H,16,19)/t13-/m1/s1. The van der Waals surface area contributed by atoms with Crippen LogP contribution in [0.15, 0.2) is 5.38 Å². The lowest BCUT2D eigenvalue weighted by Gasteiger charge is -2.23. The van der Waals surface area contributed by atoms with Crippen molar-refractivity contribution in [3.63, 3.8) is 0 Å². The van der Waals surface area contributed by atoms with Gasteiger partial charge in [0, 0.05) is 30.8 Å². The SMILES string of the molecule is Cc1nc(CCNC(=O)[C@H]2CCCN2C(=O)C2CC2)cs1. The summed E-state index contributed by atoms with van der Waals surface area (Å²) in [5, 5.41) is 6.04. The zero-order chi connectivity index (χ0) is 14.8. The molecule has 2 fully saturated rings. The third kappa shape index (κ3) is 3.43. The molecule has 1 aliphatic carbocycles. The van der Waals surface area contributed by atoms with Crippen LogP contribution in [0.2, 0.25) is 0 Å². The monoisotopic (exact) mass is 307 g/mol. The summed E-state index contributed by atoms with van der Waals surface area (Å²) in [6, 6.07) is -0.254. The van der Waals surface area contributed by atoms with E-state index in [1.807, 2.05) is 12.3 Å². The maximum Gasteiger partial charge on any atom is 0.242 e. The molecule has 0 aromatic carbocycles. The molecule has 0 radical (unpaired) electrons. The second-order valence-electron chi connectivity index (χ2n) is 5.86. The van der Waals surface area contributed by atoms with Gasteiger partial charge >= 0.3 is 0 Å². The Kier molecular flexibility index (Phi) is 4.24. The minimum atomic E-state index is -0.254. The molecule has 0 bridgehead atoms. The van der Waals surface area contributed by atoms with E-state index in [4.69, 9.17) is 0 Å². The second-order valence-corrected chi connectivity index (χ2v) is 6.93. The molecular weight excluding hydrogens is 286 g/mol. The Hall–Kier alpha value is -1.43. The molecule has 1 atom stereocenters. The first-order valence-corrected chi connectivity index (χ1v) is 8.52. The zero-order valence-electron chi connectivity index (χ0n) is 12.3. The van der Waals surface area contributed by atoms with Crippen molar-refractivity contribution in [3.8, 4) is 0 Å². The number of hydrogen-bond donors (Lipinski definition) is 1. The van der Waals surface area contributed by atoms with Crippen LogP contribution >= 0.6 is 11.3 Å². The topological polar surface area (TPSA) is 62.3 Å². The molecule has 5 nitrogen and oxygen atoms in total. The van der Waals surface area contributed by atoms with Gasteiger partial charge in [0.15, 0.2) is 0 Å². The van der Waals surface area contributed by atoms with Gasteiger partial charge in [-0.3, -0.25) is 9.59 Å². The van der Waals surface area contributed by atoms with Gasteiger partial charge in [-0.05, 0) is 32.6 Å². The summed E-state index contributed by atoms with van der Waals surface area (Å²) in [7, 11) is 0. The van der Waals surface area contributed by atoms with Gasteiger partial charge in [-0.25, -0.2) is 4.98 Å². The Morgan fingerprint density at radius 1 is 1.43 bits per heavy atom. The highest BCUT2D eigenvalue weighted by Crippen LogP contribution is 2.33. The molecule has 2 amide bonds. The van der Waals surface area contributed by atoms with Gasteiger partial charge in [0.1, 0.15) is 6.04 Å². The fourth-order valence-electron chi connectivity index (χ4n) is 2.82. The van der Waals surface area contributed by atoms with Crippen LogP contribution in [-0.4, -0.2) is 40.8 Å². The van der Waals surface area contributed by atoms with Gasteiger partial charge in [-0.2, -0.15) is 0 Å². The van der Waals surface area contributed by atoms with Crippen LogP contribution in [0, 0.1) is 12.8 Å². The molecule has 1 saturated carbocycles. The number of aryl methyl sites for hydroxylation is 1. The summed E-state index contributed by atoms with van der Waals surface area (Å²) < 4.78 is 0. The summed E-state index contributed by atoms with van der Waals surface area (Å²) >= 11 is 1.63. The molecule has 3 rings (SSSR count). The predicted molar refractivity (Wildman–Crippen MR) is 81.0 cm³/mol. The summed E-state index contributed by atoms with van der Waals surface area (Å²) in [6.07, 6.45) is 4.46. The van der Waals surface area contributed by atoms with Gasteiger partial charge in [-0.1, -0.05) is 0 Å². The van der Waals surface area contributed by atoms with Crippen LogP contribution in [-0.2, 0) is 16.0 Å². The lowest BCUT2D eigenvalue weighted by molar-refractivity contribution is -0.139. The van der Waals surface area contributed by atoms with E-state index in [9.17, 15) is 9.59 Å². The van der Waals surface area contributed by atoms with Crippen molar-refractivity contribution in [1.82, 2.24) is 15.2 Å². The van der Waals surface area contributed by atoms with Crippen LogP contribution in [0.25, 0.3) is 0 Å². The Labute approximate surface area is 128 Å². The van der Waals surface area contributed by atoms with Crippen molar-refractivity contribution >= 4 is 23.2 Å². The van der Waals surface area contributed by atoms with Crippen LogP contribution in [0.5, 0.6) is 0 Å². The molecular formula is C15H21N3O2S. The Bertz CT molecular complexity index is 539. The molecule has 1 saturated heterocycles. The average Bonchev–Trinajstić information content (AvgIpc) is 3.05. The highest BCUT2D eigenvalue weighted by atomic mass is 32.1. The number of aromatic nitrogens is 1. The number of carbonyl (C=O) groups is 2. The van der Waals surface area contributed by atoms with E-state index in [0.29, 0.717) is 6.54 Å². The smallest absolute Gasteiger partial charge is 0.242 e. The van der Waals surface area contributed by atoms with Crippen molar-refractivity contribution in [2.45, 2.75) is 45.1 Å². The number of nitrogens with zero attached hydrogens (tertiary/aromatic N) is 2. The molecule has 1 N–H and O–H groups in total. The molecule has 0 unspecified atom stereocenters. The van der Waals surface area contributed by atoms with E-state index >= 15 is 0 Å². The summed E-state index contributed by atoms with van der Waals surface area (Å²) in [5.74, 6) is 0.368. The number of thiazole rings is 1. The number of likely N-dealkylation sites (tertiary alicyclic amines) is 1. The van der Waals surface area contributed by atoms with Crippen LogP contribution in [0.3, 0.4) is 0 Å². The van der Waals surface area contributed by atoms with Crippen molar-refractivity contribution in [3.05, 3.63) is 16.1 Å². The van der Waals surface area contributed by atoms with Crippen LogP contribution < -0.4 is 5.32 Å². The molecule has 2 heterocycles. The number of nitrogens with one attached hydrogen (secondary N) is 1. The average molecular weight is 307 g/mol. The van der Waals surface area contributed by atoms with Crippen molar-refractivity contribution in [2.24, 2.45) is 5.92 Å². The number of carbonyl (C=O) groups excluding carboxylic acids is 2. The largest absolute Gasteiger partial charge is 0.354 e. The van der Waals surface area contributed by atoms with E-state index in [1.165, 1.54) is 0 Å². The molecule has 2 aliphatic rings. The minimum Gasteiger partial charge on any atom is -0.354 e. The maximum atomic E-state index is 12.3. The molecule has 21 heavy (non-hydrogen) atoms. The fraction of sp³-hybridized carbons (Fsp3) is 0.667. The second kappa shape index (κ2) is 6.13. The van der Waals surface area contributed by atoms with Crippen molar-refractivity contribution in [1.29, 1.82) is 0 Å². The normalized spacial score (nSPS) is 21.6. The molecule has 1 aromatic rings. The summed E-state index contributed by atoms with van der Waals surface area (Å²) in [5.41, 5.74) is 1.02. The van der Waals surface area contributed by atoms with Gasteiger partial charge in [0.05, 0.1) is 10.7 Å². The van der Waals surface area contributed by atoms with Crippen molar-refractivity contribution < 1.29 is 9.59 Å². The fourth-order valence-corrected chi connectivity index (χ4v) is 3.47. The highest BCUT2D eigenvalue weighted by Gasteiger charge is 2.40.